The summed E-state index contributed by atoms with van der Waals surface area (Å²) >= 11 is 0. The number of piperidine rings is 2. The van der Waals surface area contributed by atoms with E-state index in [4.69, 9.17) is 0 Å². The molecule has 1 aromatic carbocycles. The van der Waals surface area contributed by atoms with Crippen molar-refractivity contribution in [1.82, 2.24) is 14.5 Å². The predicted molar refractivity (Wildman–Crippen MR) is 130 cm³/mol. The molecule has 2 saturated heterocycles. The summed E-state index contributed by atoms with van der Waals surface area (Å²) in [6, 6.07) is 4.95. The summed E-state index contributed by atoms with van der Waals surface area (Å²) in [4.78, 5) is 29.0. The van der Waals surface area contributed by atoms with Gasteiger partial charge >= 0.3 is 0 Å². The lowest BCUT2D eigenvalue weighted by molar-refractivity contribution is -0.122. The fourth-order valence-corrected chi connectivity index (χ4v) is 6.21. The number of anilines is 1. The molecular weight excluding hydrogens is 440 g/mol. The Morgan fingerprint density at radius 1 is 0.970 bits per heavy atom. The molecule has 1 aromatic rings. The monoisotopic (exact) mass is 478 g/mol. The highest BCUT2D eigenvalue weighted by atomic mass is 32.2. The first-order chi connectivity index (χ1) is 15.5. The third kappa shape index (κ3) is 6.47. The van der Waals surface area contributed by atoms with Gasteiger partial charge in [0.2, 0.25) is 15.9 Å². The highest BCUT2D eigenvalue weighted by molar-refractivity contribution is 7.89. The highest BCUT2D eigenvalue weighted by Crippen LogP contribution is 2.32. The van der Waals surface area contributed by atoms with E-state index in [1.807, 2.05) is 20.8 Å². The van der Waals surface area contributed by atoms with Crippen LogP contribution in [0.3, 0.4) is 0 Å². The predicted octanol–water partition coefficient (Wildman–Crippen LogP) is 2.84. The molecule has 0 saturated carbocycles. The molecule has 0 atom stereocenters. The lowest BCUT2D eigenvalue weighted by Crippen LogP contribution is -2.46. The molecule has 0 bridgehead atoms. The Hall–Kier alpha value is -2.13. The fourth-order valence-electron chi connectivity index (χ4n) is 4.46. The zero-order valence-electron chi connectivity index (χ0n) is 20.4. The Morgan fingerprint density at radius 2 is 1.55 bits per heavy atom. The normalized spacial score (nSPS) is 18.1. The number of carbonyl (C=O) groups excluding carboxylic acids is 2. The minimum absolute atomic E-state index is 0.0990. The molecule has 0 aliphatic carbocycles. The number of rotatable bonds is 6. The lowest BCUT2D eigenvalue weighted by Gasteiger charge is -2.33. The Kier molecular flexibility index (Phi) is 8.05. The number of hydrogen-bond donors (Lipinski definition) is 1. The van der Waals surface area contributed by atoms with E-state index in [0.717, 1.165) is 51.6 Å². The zero-order valence-corrected chi connectivity index (χ0v) is 21.2. The van der Waals surface area contributed by atoms with Gasteiger partial charge in [0.25, 0.3) is 5.91 Å². The van der Waals surface area contributed by atoms with Crippen LogP contribution >= 0.6 is 0 Å². The molecule has 2 aliphatic heterocycles. The van der Waals surface area contributed by atoms with Crippen molar-refractivity contribution in [3.05, 3.63) is 23.8 Å². The first kappa shape index (κ1) is 25.5. The molecule has 0 aromatic heterocycles. The van der Waals surface area contributed by atoms with Gasteiger partial charge in [-0.15, -0.1) is 0 Å². The standard InChI is InChI=1S/C24H38N4O4S/c1-24(2,3)25-22(29)18-26(4)23(30)19-11-12-20(27-13-7-5-8-14-27)21(17-19)33(31,32)28-15-9-6-10-16-28/h11-12,17H,5-10,13-16,18H2,1-4H3,(H,25,29). The second-order valence-corrected chi connectivity index (χ2v) is 12.1. The molecule has 0 radical (unpaired) electrons. The molecule has 1 N–H and O–H groups in total. The summed E-state index contributed by atoms with van der Waals surface area (Å²) < 4.78 is 28.8. The van der Waals surface area contributed by atoms with E-state index in [9.17, 15) is 18.0 Å². The van der Waals surface area contributed by atoms with E-state index in [1.54, 1.807) is 23.5 Å². The maximum Gasteiger partial charge on any atom is 0.254 e. The summed E-state index contributed by atoms with van der Waals surface area (Å²) in [6.07, 6.45) is 5.92. The van der Waals surface area contributed by atoms with Gasteiger partial charge in [0, 0.05) is 44.3 Å². The quantitative estimate of drug-likeness (QED) is 0.679. The van der Waals surface area contributed by atoms with Crippen LogP contribution in [0.2, 0.25) is 0 Å². The molecule has 2 heterocycles. The lowest BCUT2D eigenvalue weighted by atomic mass is 10.1. The van der Waals surface area contributed by atoms with Crippen LogP contribution < -0.4 is 10.2 Å². The molecule has 8 nitrogen and oxygen atoms in total. The van der Waals surface area contributed by atoms with Gasteiger partial charge in [-0.25, -0.2) is 8.42 Å². The largest absolute Gasteiger partial charge is 0.370 e. The van der Waals surface area contributed by atoms with Crippen molar-refractivity contribution in [2.45, 2.75) is 69.7 Å². The van der Waals surface area contributed by atoms with Gasteiger partial charge < -0.3 is 15.1 Å². The molecule has 33 heavy (non-hydrogen) atoms. The minimum Gasteiger partial charge on any atom is -0.370 e. The highest BCUT2D eigenvalue weighted by Gasteiger charge is 2.31. The number of amides is 2. The number of nitrogens with one attached hydrogen (secondary N) is 1. The number of nitrogens with zero attached hydrogens (tertiary/aromatic N) is 3. The fraction of sp³-hybridized carbons (Fsp3) is 0.667. The van der Waals surface area contributed by atoms with Crippen molar-refractivity contribution < 1.29 is 18.0 Å². The summed E-state index contributed by atoms with van der Waals surface area (Å²) in [6.45, 7) is 8.17. The SMILES string of the molecule is CN(CC(=O)NC(C)(C)C)C(=O)c1ccc(N2CCCCC2)c(S(=O)(=O)N2CCCCC2)c1. The van der Waals surface area contributed by atoms with Crippen LogP contribution in [-0.4, -0.2) is 74.7 Å². The Bertz CT molecular complexity index is 959. The second kappa shape index (κ2) is 10.4. The van der Waals surface area contributed by atoms with Gasteiger partial charge in [0.05, 0.1) is 12.2 Å². The average molecular weight is 479 g/mol. The van der Waals surface area contributed by atoms with Gasteiger partial charge in [-0.2, -0.15) is 4.31 Å². The van der Waals surface area contributed by atoms with Crippen LogP contribution in [0.1, 0.15) is 69.7 Å². The van der Waals surface area contributed by atoms with Gasteiger partial charge in [-0.05, 0) is 71.1 Å². The first-order valence-electron chi connectivity index (χ1n) is 11.9. The van der Waals surface area contributed by atoms with Crippen LogP contribution in [0.15, 0.2) is 23.1 Å². The van der Waals surface area contributed by atoms with Crippen molar-refractivity contribution in [1.29, 1.82) is 0 Å². The number of likely N-dealkylation sites (N-methyl/N-ethyl adjacent to an activating group) is 1. The van der Waals surface area contributed by atoms with Crippen LogP contribution in [0, 0.1) is 0 Å². The van der Waals surface area contributed by atoms with Crippen LogP contribution in [0.5, 0.6) is 0 Å². The van der Waals surface area contributed by atoms with Crippen molar-refractivity contribution in [2.75, 3.05) is 44.7 Å². The van der Waals surface area contributed by atoms with Gasteiger partial charge in [-0.1, -0.05) is 6.42 Å². The van der Waals surface area contributed by atoms with Crippen molar-refractivity contribution in [3.8, 4) is 0 Å². The summed E-state index contributed by atoms with van der Waals surface area (Å²) in [5.41, 5.74) is 0.551. The van der Waals surface area contributed by atoms with Gasteiger partial charge in [0.1, 0.15) is 4.90 Å². The molecule has 9 heteroatoms. The van der Waals surface area contributed by atoms with E-state index in [1.165, 1.54) is 11.0 Å². The van der Waals surface area contributed by atoms with Crippen LogP contribution in [0.4, 0.5) is 5.69 Å². The third-order valence-corrected chi connectivity index (χ3v) is 8.01. The molecule has 2 fully saturated rings. The van der Waals surface area contributed by atoms with Crippen LogP contribution in [0.25, 0.3) is 0 Å². The molecule has 0 spiro atoms. The van der Waals surface area contributed by atoms with E-state index in [2.05, 4.69) is 10.2 Å². The van der Waals surface area contributed by atoms with Crippen molar-refractivity contribution >= 4 is 27.5 Å². The third-order valence-electron chi connectivity index (χ3n) is 6.08. The minimum atomic E-state index is -3.73. The first-order valence-corrected chi connectivity index (χ1v) is 13.4. The Labute approximate surface area is 198 Å². The summed E-state index contributed by atoms with van der Waals surface area (Å²) in [7, 11) is -2.17. The Balaban J connectivity index is 1.91. The second-order valence-electron chi connectivity index (χ2n) is 10.2. The molecule has 184 valence electrons. The number of benzene rings is 1. The Morgan fingerprint density at radius 3 is 2.12 bits per heavy atom. The van der Waals surface area contributed by atoms with E-state index in [0.29, 0.717) is 18.8 Å². The van der Waals surface area contributed by atoms with E-state index < -0.39 is 15.6 Å². The number of carbonyl (C=O) groups is 2. The summed E-state index contributed by atoms with van der Waals surface area (Å²) in [5, 5.41) is 2.85. The molecule has 2 amide bonds. The number of hydrogen-bond acceptors (Lipinski definition) is 5. The molecule has 2 aliphatic rings. The molecular formula is C24H38N4O4S. The maximum absolute atomic E-state index is 13.6. The number of sulfonamides is 1. The van der Waals surface area contributed by atoms with Crippen LogP contribution in [-0.2, 0) is 14.8 Å². The zero-order chi connectivity index (χ0) is 24.2. The molecule has 3 rings (SSSR count). The average Bonchev–Trinajstić information content (AvgIpc) is 2.78. The van der Waals surface area contributed by atoms with E-state index in [-0.39, 0.29) is 28.8 Å². The van der Waals surface area contributed by atoms with E-state index >= 15 is 0 Å². The van der Waals surface area contributed by atoms with Crippen molar-refractivity contribution in [2.24, 2.45) is 0 Å². The summed E-state index contributed by atoms with van der Waals surface area (Å²) in [5.74, 6) is -0.635. The van der Waals surface area contributed by atoms with Crippen molar-refractivity contribution in [3.63, 3.8) is 0 Å². The maximum atomic E-state index is 13.6. The topological polar surface area (TPSA) is 90.0 Å². The van der Waals surface area contributed by atoms with Gasteiger partial charge in [0.15, 0.2) is 0 Å². The molecule has 0 unspecified atom stereocenters. The smallest absolute Gasteiger partial charge is 0.254 e. The van der Waals surface area contributed by atoms with Gasteiger partial charge in [-0.3, -0.25) is 9.59 Å².